The third kappa shape index (κ3) is 3.70. The molecule has 0 radical (unpaired) electrons. The number of pyridine rings is 1. The Bertz CT molecular complexity index is 442. The first-order chi connectivity index (χ1) is 9.74. The molecule has 1 aliphatic heterocycles. The van der Waals surface area contributed by atoms with E-state index in [-0.39, 0.29) is 5.91 Å². The molecule has 1 aromatic rings. The largest absolute Gasteiger partial charge is 0.384 e. The molecule has 1 saturated heterocycles. The molecule has 0 aromatic carbocycles. The summed E-state index contributed by atoms with van der Waals surface area (Å²) in [6.07, 6.45) is 3.72. The first kappa shape index (κ1) is 14.8. The quantitative estimate of drug-likeness (QED) is 0.894. The smallest absolute Gasteiger partial charge is 0.254 e. The maximum absolute atomic E-state index is 12.5. The van der Waals surface area contributed by atoms with Crippen LogP contribution in [0.1, 0.15) is 30.1 Å². The van der Waals surface area contributed by atoms with E-state index < -0.39 is 0 Å². The van der Waals surface area contributed by atoms with Gasteiger partial charge in [-0.2, -0.15) is 0 Å². The van der Waals surface area contributed by atoms with Crippen molar-refractivity contribution >= 4 is 11.7 Å². The molecular weight excluding hydrogens is 254 g/mol. The van der Waals surface area contributed by atoms with Crippen LogP contribution in [0.15, 0.2) is 18.3 Å². The normalized spacial score (nSPS) is 16.2. The number of methoxy groups -OCH3 is 1. The number of amides is 1. The number of likely N-dealkylation sites (tertiary alicyclic amines) is 1. The average molecular weight is 277 g/mol. The highest BCUT2D eigenvalue weighted by Gasteiger charge is 2.23. The molecule has 2 rings (SSSR count). The van der Waals surface area contributed by atoms with Gasteiger partial charge in [-0.15, -0.1) is 0 Å². The van der Waals surface area contributed by atoms with Gasteiger partial charge in [-0.25, -0.2) is 4.98 Å². The van der Waals surface area contributed by atoms with Crippen LogP contribution in [0, 0.1) is 5.92 Å². The van der Waals surface area contributed by atoms with E-state index in [1.165, 1.54) is 0 Å². The molecule has 0 bridgehead atoms. The Hall–Kier alpha value is -1.62. The standard InChI is InChI=1S/C15H23N3O2/c1-3-16-14-10-13(4-7-17-14)15(19)18-8-5-12(6-9-18)11-20-2/h4,7,10,12H,3,5-6,8-9,11H2,1-2H3,(H,16,17). The average Bonchev–Trinajstić information content (AvgIpc) is 2.48. The summed E-state index contributed by atoms with van der Waals surface area (Å²) >= 11 is 0. The van der Waals surface area contributed by atoms with Gasteiger partial charge in [0.15, 0.2) is 0 Å². The van der Waals surface area contributed by atoms with E-state index in [4.69, 9.17) is 4.74 Å². The van der Waals surface area contributed by atoms with Gasteiger partial charge in [0.2, 0.25) is 0 Å². The third-order valence-electron chi connectivity index (χ3n) is 3.67. The molecule has 1 aliphatic rings. The monoisotopic (exact) mass is 277 g/mol. The van der Waals surface area contributed by atoms with Crippen LogP contribution in [-0.4, -0.2) is 49.1 Å². The number of nitrogens with zero attached hydrogens (tertiary/aromatic N) is 2. The second-order valence-electron chi connectivity index (χ2n) is 5.15. The molecule has 5 heteroatoms. The number of aromatic nitrogens is 1. The van der Waals surface area contributed by atoms with Crippen molar-refractivity contribution in [2.75, 3.05) is 38.7 Å². The van der Waals surface area contributed by atoms with Crippen molar-refractivity contribution in [1.29, 1.82) is 0 Å². The molecule has 0 unspecified atom stereocenters. The zero-order valence-electron chi connectivity index (χ0n) is 12.3. The number of rotatable bonds is 5. The van der Waals surface area contributed by atoms with E-state index >= 15 is 0 Å². The Kier molecular flexibility index (Phi) is 5.35. The van der Waals surface area contributed by atoms with Gasteiger partial charge in [0.1, 0.15) is 5.82 Å². The molecule has 1 N–H and O–H groups in total. The zero-order chi connectivity index (χ0) is 14.4. The Morgan fingerprint density at radius 2 is 2.25 bits per heavy atom. The Balaban J connectivity index is 1.96. The van der Waals surface area contributed by atoms with Crippen LogP contribution in [-0.2, 0) is 4.74 Å². The number of hydrogen-bond acceptors (Lipinski definition) is 4. The van der Waals surface area contributed by atoms with Crippen LogP contribution in [0.4, 0.5) is 5.82 Å². The molecule has 1 amide bonds. The van der Waals surface area contributed by atoms with Gasteiger partial charge < -0.3 is 15.0 Å². The fourth-order valence-electron chi connectivity index (χ4n) is 2.56. The van der Waals surface area contributed by atoms with Crippen LogP contribution in [0.2, 0.25) is 0 Å². The van der Waals surface area contributed by atoms with Gasteiger partial charge >= 0.3 is 0 Å². The number of piperidine rings is 1. The Morgan fingerprint density at radius 3 is 2.90 bits per heavy atom. The molecule has 20 heavy (non-hydrogen) atoms. The van der Waals surface area contributed by atoms with Gasteiger partial charge in [0.05, 0.1) is 0 Å². The third-order valence-corrected chi connectivity index (χ3v) is 3.67. The molecule has 1 aromatic heterocycles. The SMILES string of the molecule is CCNc1cc(C(=O)N2CCC(COC)CC2)ccn1. The van der Waals surface area contributed by atoms with Crippen LogP contribution in [0.3, 0.4) is 0 Å². The van der Waals surface area contributed by atoms with Crippen molar-refractivity contribution in [3.05, 3.63) is 23.9 Å². The number of carbonyl (C=O) groups is 1. The summed E-state index contributed by atoms with van der Waals surface area (Å²) in [5.41, 5.74) is 0.709. The molecule has 0 atom stereocenters. The Morgan fingerprint density at radius 1 is 1.50 bits per heavy atom. The van der Waals surface area contributed by atoms with E-state index in [1.807, 2.05) is 17.9 Å². The van der Waals surface area contributed by atoms with Gasteiger partial charge in [-0.05, 0) is 37.8 Å². The fourth-order valence-corrected chi connectivity index (χ4v) is 2.56. The van der Waals surface area contributed by atoms with Crippen molar-refractivity contribution in [3.63, 3.8) is 0 Å². The summed E-state index contributed by atoms with van der Waals surface area (Å²) in [5.74, 6) is 1.44. The number of hydrogen-bond donors (Lipinski definition) is 1. The maximum atomic E-state index is 12.5. The minimum atomic E-state index is 0.0995. The molecule has 0 spiro atoms. The fraction of sp³-hybridized carbons (Fsp3) is 0.600. The van der Waals surface area contributed by atoms with E-state index in [0.717, 1.165) is 44.9 Å². The predicted molar refractivity (Wildman–Crippen MR) is 78.9 cm³/mol. The minimum Gasteiger partial charge on any atom is -0.384 e. The maximum Gasteiger partial charge on any atom is 0.254 e. The van der Waals surface area contributed by atoms with Crippen molar-refractivity contribution in [3.8, 4) is 0 Å². The van der Waals surface area contributed by atoms with Gasteiger partial charge in [0.25, 0.3) is 5.91 Å². The van der Waals surface area contributed by atoms with Gasteiger partial charge in [-0.1, -0.05) is 0 Å². The van der Waals surface area contributed by atoms with Gasteiger partial charge in [-0.3, -0.25) is 4.79 Å². The summed E-state index contributed by atoms with van der Waals surface area (Å²) in [5, 5.41) is 3.13. The second-order valence-corrected chi connectivity index (χ2v) is 5.15. The first-order valence-corrected chi connectivity index (χ1v) is 7.22. The minimum absolute atomic E-state index is 0.0995. The van der Waals surface area contributed by atoms with Crippen molar-refractivity contribution in [2.24, 2.45) is 5.92 Å². The highest BCUT2D eigenvalue weighted by molar-refractivity contribution is 5.94. The highest BCUT2D eigenvalue weighted by Crippen LogP contribution is 2.19. The van der Waals surface area contributed by atoms with Gasteiger partial charge in [0, 0.05) is 45.1 Å². The molecule has 2 heterocycles. The molecule has 110 valence electrons. The lowest BCUT2D eigenvalue weighted by Gasteiger charge is -2.31. The van der Waals surface area contributed by atoms with E-state index in [1.54, 1.807) is 19.4 Å². The lowest BCUT2D eigenvalue weighted by atomic mass is 9.97. The molecule has 1 fully saturated rings. The second kappa shape index (κ2) is 7.24. The van der Waals surface area contributed by atoms with Crippen LogP contribution >= 0.6 is 0 Å². The molecular formula is C15H23N3O2. The predicted octanol–water partition coefficient (Wildman–Crippen LogP) is 2.01. The lowest BCUT2D eigenvalue weighted by Crippen LogP contribution is -2.39. The number of ether oxygens (including phenoxy) is 1. The highest BCUT2D eigenvalue weighted by atomic mass is 16.5. The van der Waals surface area contributed by atoms with E-state index in [9.17, 15) is 4.79 Å². The molecule has 0 saturated carbocycles. The summed E-state index contributed by atoms with van der Waals surface area (Å²) in [6.45, 7) is 5.23. The van der Waals surface area contributed by atoms with Crippen LogP contribution in [0.25, 0.3) is 0 Å². The number of nitrogens with one attached hydrogen (secondary N) is 1. The van der Waals surface area contributed by atoms with Crippen LogP contribution in [0.5, 0.6) is 0 Å². The number of anilines is 1. The van der Waals surface area contributed by atoms with E-state index in [2.05, 4.69) is 10.3 Å². The first-order valence-electron chi connectivity index (χ1n) is 7.22. The molecule has 0 aliphatic carbocycles. The van der Waals surface area contributed by atoms with Crippen molar-refractivity contribution in [1.82, 2.24) is 9.88 Å². The topological polar surface area (TPSA) is 54.5 Å². The summed E-state index contributed by atoms with van der Waals surface area (Å²) < 4.78 is 5.18. The Labute approximate surface area is 120 Å². The van der Waals surface area contributed by atoms with Crippen LogP contribution < -0.4 is 5.32 Å². The lowest BCUT2D eigenvalue weighted by molar-refractivity contribution is 0.0613. The summed E-state index contributed by atoms with van der Waals surface area (Å²) in [4.78, 5) is 18.6. The van der Waals surface area contributed by atoms with E-state index in [0.29, 0.717) is 11.5 Å². The summed E-state index contributed by atoms with van der Waals surface area (Å²) in [7, 11) is 1.73. The number of carbonyl (C=O) groups excluding carboxylic acids is 1. The van der Waals surface area contributed by atoms with Crippen molar-refractivity contribution in [2.45, 2.75) is 19.8 Å². The zero-order valence-corrected chi connectivity index (χ0v) is 12.3. The molecule has 5 nitrogen and oxygen atoms in total. The van der Waals surface area contributed by atoms with Crippen molar-refractivity contribution < 1.29 is 9.53 Å². The summed E-state index contributed by atoms with van der Waals surface area (Å²) in [6, 6.07) is 3.61.